The molecule has 31 heavy (non-hydrogen) atoms. The number of aromatic nitrogens is 1. The van der Waals surface area contributed by atoms with Gasteiger partial charge in [-0.2, -0.15) is 0 Å². The van der Waals surface area contributed by atoms with E-state index in [2.05, 4.69) is 15.6 Å². The summed E-state index contributed by atoms with van der Waals surface area (Å²) in [5.74, 6) is -0.754. The van der Waals surface area contributed by atoms with Crippen molar-refractivity contribution in [2.24, 2.45) is 0 Å². The number of carboxylic acid groups (broad SMARTS) is 1. The van der Waals surface area contributed by atoms with Crippen molar-refractivity contribution >= 4 is 35.2 Å². The maximum absolute atomic E-state index is 12.8. The van der Waals surface area contributed by atoms with E-state index in [4.69, 9.17) is 9.84 Å². The molecule has 1 aliphatic rings. The van der Waals surface area contributed by atoms with Crippen LogP contribution in [0.5, 0.6) is 5.75 Å². The Morgan fingerprint density at radius 2 is 1.71 bits per heavy atom. The Kier molecular flexibility index (Phi) is 5.48. The SMILES string of the molecule is O=C(O)c1cccc(C(=O)Nc2ccc3c(n2)N(C(=O)Nc2ccccc2)CCO3)c1. The van der Waals surface area contributed by atoms with Crippen molar-refractivity contribution in [3.8, 4) is 5.75 Å². The minimum atomic E-state index is -1.13. The van der Waals surface area contributed by atoms with Crippen LogP contribution in [0.4, 0.5) is 22.1 Å². The van der Waals surface area contributed by atoms with Crippen molar-refractivity contribution in [1.82, 2.24) is 4.98 Å². The fourth-order valence-corrected chi connectivity index (χ4v) is 3.06. The van der Waals surface area contributed by atoms with E-state index in [1.54, 1.807) is 24.3 Å². The van der Waals surface area contributed by atoms with E-state index >= 15 is 0 Å². The summed E-state index contributed by atoms with van der Waals surface area (Å²) in [4.78, 5) is 42.2. The highest BCUT2D eigenvalue weighted by molar-refractivity contribution is 6.06. The number of aromatic carboxylic acids is 1. The number of ether oxygens (including phenoxy) is 1. The summed E-state index contributed by atoms with van der Waals surface area (Å²) >= 11 is 0. The number of hydrogen-bond acceptors (Lipinski definition) is 5. The summed E-state index contributed by atoms with van der Waals surface area (Å²) in [7, 11) is 0. The van der Waals surface area contributed by atoms with E-state index in [1.807, 2.05) is 18.2 Å². The van der Waals surface area contributed by atoms with E-state index in [0.29, 0.717) is 18.0 Å². The second-order valence-corrected chi connectivity index (χ2v) is 6.65. The highest BCUT2D eigenvalue weighted by Crippen LogP contribution is 2.31. The average molecular weight is 418 g/mol. The number of carbonyl (C=O) groups is 3. The number of pyridine rings is 1. The monoisotopic (exact) mass is 418 g/mol. The van der Waals surface area contributed by atoms with Crippen molar-refractivity contribution in [2.75, 3.05) is 28.7 Å². The number of fused-ring (bicyclic) bond motifs is 1. The summed E-state index contributed by atoms with van der Waals surface area (Å²) in [6.45, 7) is 0.599. The molecule has 0 saturated heterocycles. The highest BCUT2D eigenvalue weighted by Gasteiger charge is 2.26. The van der Waals surface area contributed by atoms with Crippen LogP contribution in [-0.4, -0.2) is 41.1 Å². The van der Waals surface area contributed by atoms with E-state index in [1.165, 1.54) is 29.2 Å². The van der Waals surface area contributed by atoms with Crippen LogP contribution >= 0.6 is 0 Å². The highest BCUT2D eigenvalue weighted by atomic mass is 16.5. The van der Waals surface area contributed by atoms with Crippen LogP contribution in [-0.2, 0) is 0 Å². The number of rotatable bonds is 4. The molecule has 0 radical (unpaired) electrons. The van der Waals surface area contributed by atoms with Gasteiger partial charge in [-0.25, -0.2) is 14.6 Å². The molecule has 0 unspecified atom stereocenters. The van der Waals surface area contributed by atoms with Gasteiger partial charge in [-0.15, -0.1) is 0 Å². The maximum Gasteiger partial charge on any atom is 0.335 e. The summed E-state index contributed by atoms with van der Waals surface area (Å²) in [6, 6.07) is 17.5. The molecule has 0 aliphatic carbocycles. The molecule has 0 saturated carbocycles. The number of nitrogens with zero attached hydrogens (tertiary/aromatic N) is 2. The van der Waals surface area contributed by atoms with Crippen LogP contribution in [0.15, 0.2) is 66.7 Å². The lowest BCUT2D eigenvalue weighted by Crippen LogP contribution is -2.41. The number of carbonyl (C=O) groups excluding carboxylic acids is 2. The standard InChI is InChI=1S/C22H18N4O5/c27-20(14-5-4-6-15(13-14)21(28)29)25-18-10-9-17-19(24-18)26(11-12-31-17)22(30)23-16-7-2-1-3-8-16/h1-10,13H,11-12H2,(H,23,30)(H,28,29)(H,24,25,27). The van der Waals surface area contributed by atoms with Gasteiger partial charge in [0.2, 0.25) is 0 Å². The van der Waals surface area contributed by atoms with Gasteiger partial charge in [0.25, 0.3) is 5.91 Å². The zero-order valence-electron chi connectivity index (χ0n) is 16.2. The van der Waals surface area contributed by atoms with Crippen LogP contribution < -0.4 is 20.3 Å². The first-order valence-corrected chi connectivity index (χ1v) is 9.43. The van der Waals surface area contributed by atoms with Crippen molar-refractivity contribution in [3.05, 3.63) is 77.9 Å². The van der Waals surface area contributed by atoms with Gasteiger partial charge in [-0.1, -0.05) is 24.3 Å². The van der Waals surface area contributed by atoms with Gasteiger partial charge in [-0.05, 0) is 42.5 Å². The van der Waals surface area contributed by atoms with E-state index in [0.717, 1.165) is 0 Å². The van der Waals surface area contributed by atoms with Gasteiger partial charge in [0.1, 0.15) is 12.4 Å². The van der Waals surface area contributed by atoms with Crippen LogP contribution in [0.25, 0.3) is 0 Å². The molecule has 1 aliphatic heterocycles. The van der Waals surface area contributed by atoms with Crippen molar-refractivity contribution in [3.63, 3.8) is 0 Å². The summed E-state index contributed by atoms with van der Waals surface area (Å²) < 4.78 is 5.58. The Hall–Kier alpha value is -4.40. The Bertz CT molecular complexity index is 1150. The molecule has 9 heteroatoms. The quantitative estimate of drug-likeness (QED) is 0.597. The number of amides is 3. The molecule has 2 heterocycles. The Balaban J connectivity index is 1.54. The molecular weight excluding hydrogens is 400 g/mol. The minimum absolute atomic E-state index is 0.00297. The summed E-state index contributed by atoms with van der Waals surface area (Å²) in [5.41, 5.74) is 0.820. The maximum atomic E-state index is 12.8. The normalized spacial score (nSPS) is 12.3. The first-order chi connectivity index (χ1) is 15.0. The second-order valence-electron chi connectivity index (χ2n) is 6.65. The molecule has 0 atom stereocenters. The number of benzene rings is 2. The van der Waals surface area contributed by atoms with E-state index in [-0.39, 0.29) is 35.3 Å². The third-order valence-electron chi connectivity index (χ3n) is 4.55. The predicted octanol–water partition coefficient (Wildman–Crippen LogP) is 3.46. The third kappa shape index (κ3) is 4.45. The van der Waals surface area contributed by atoms with Gasteiger partial charge >= 0.3 is 12.0 Å². The number of carboxylic acids is 1. The summed E-state index contributed by atoms with van der Waals surface area (Å²) in [5, 5.41) is 14.5. The van der Waals surface area contributed by atoms with Gasteiger partial charge in [0.05, 0.1) is 12.1 Å². The van der Waals surface area contributed by atoms with Gasteiger partial charge in [0.15, 0.2) is 11.6 Å². The molecule has 2 aromatic carbocycles. The number of para-hydroxylation sites is 1. The van der Waals surface area contributed by atoms with E-state index < -0.39 is 11.9 Å². The zero-order chi connectivity index (χ0) is 21.8. The number of hydrogen-bond donors (Lipinski definition) is 3. The lowest BCUT2D eigenvalue weighted by Gasteiger charge is -2.28. The fourth-order valence-electron chi connectivity index (χ4n) is 3.06. The van der Waals surface area contributed by atoms with Crippen LogP contribution in [0.3, 0.4) is 0 Å². The fraction of sp³-hybridized carbons (Fsp3) is 0.0909. The molecule has 0 spiro atoms. The number of urea groups is 1. The lowest BCUT2D eigenvalue weighted by molar-refractivity contribution is 0.0697. The minimum Gasteiger partial charge on any atom is -0.488 e. The molecule has 0 bridgehead atoms. The number of nitrogens with one attached hydrogen (secondary N) is 2. The first-order valence-electron chi connectivity index (χ1n) is 9.43. The summed E-state index contributed by atoms with van der Waals surface area (Å²) in [6.07, 6.45) is 0. The van der Waals surface area contributed by atoms with Gasteiger partial charge in [-0.3, -0.25) is 9.69 Å². The molecule has 3 amide bonds. The van der Waals surface area contributed by atoms with Crippen molar-refractivity contribution in [2.45, 2.75) is 0 Å². The van der Waals surface area contributed by atoms with Gasteiger partial charge < -0.3 is 20.5 Å². The van der Waals surface area contributed by atoms with Crippen molar-refractivity contribution < 1.29 is 24.2 Å². The largest absolute Gasteiger partial charge is 0.488 e. The molecular formula is C22H18N4O5. The smallest absolute Gasteiger partial charge is 0.335 e. The lowest BCUT2D eigenvalue weighted by atomic mass is 10.1. The Morgan fingerprint density at radius 3 is 2.48 bits per heavy atom. The van der Waals surface area contributed by atoms with Crippen molar-refractivity contribution in [1.29, 1.82) is 0 Å². The molecule has 156 valence electrons. The van der Waals surface area contributed by atoms with Crippen LogP contribution in [0, 0.1) is 0 Å². The predicted molar refractivity (Wildman–Crippen MR) is 114 cm³/mol. The second kappa shape index (κ2) is 8.54. The van der Waals surface area contributed by atoms with E-state index in [9.17, 15) is 14.4 Å². The number of anilines is 3. The topological polar surface area (TPSA) is 121 Å². The molecule has 0 fully saturated rings. The van der Waals surface area contributed by atoms with Crippen LogP contribution in [0.1, 0.15) is 20.7 Å². The molecule has 3 aromatic rings. The van der Waals surface area contributed by atoms with Crippen LogP contribution in [0.2, 0.25) is 0 Å². The molecule has 9 nitrogen and oxygen atoms in total. The average Bonchev–Trinajstić information content (AvgIpc) is 2.79. The molecule has 1 aromatic heterocycles. The Labute approximate surface area is 177 Å². The first kappa shape index (κ1) is 19.9. The molecule has 4 rings (SSSR count). The molecule has 3 N–H and O–H groups in total. The Morgan fingerprint density at radius 1 is 0.935 bits per heavy atom. The zero-order valence-corrected chi connectivity index (χ0v) is 16.2. The third-order valence-corrected chi connectivity index (χ3v) is 4.55. The van der Waals surface area contributed by atoms with Gasteiger partial charge in [0, 0.05) is 11.3 Å².